The predicted octanol–water partition coefficient (Wildman–Crippen LogP) is -8.22. The fourth-order valence-electron chi connectivity index (χ4n) is 0.675. The van der Waals surface area contributed by atoms with Crippen molar-refractivity contribution in [3.8, 4) is 0 Å². The molecule has 1 atom stereocenters. The topological polar surface area (TPSA) is 54.4 Å². The molecule has 0 aliphatic heterocycles. The first-order valence-corrected chi connectivity index (χ1v) is 4.85. The van der Waals surface area contributed by atoms with E-state index in [2.05, 4.69) is 9.24 Å². The average molecular weight is 262 g/mol. The van der Waals surface area contributed by atoms with E-state index in [1.165, 1.54) is 12.1 Å². The first-order valence-electron chi connectivity index (χ1n) is 2.83. The molecule has 0 aliphatic rings. The molecule has 0 heterocycles. The van der Waals surface area contributed by atoms with Crippen LogP contribution < -0.4 is 94.0 Å². The molecule has 14 heavy (non-hydrogen) atoms. The van der Waals surface area contributed by atoms with Crippen LogP contribution in [0.5, 0.6) is 0 Å². The number of benzene rings is 1. The van der Waals surface area contributed by atoms with Gasteiger partial charge in [0.15, 0.2) is 0 Å². The summed E-state index contributed by atoms with van der Waals surface area (Å²) >= 11 is 0. The van der Waals surface area contributed by atoms with Crippen LogP contribution in [0, 0.1) is 0 Å². The second-order valence-electron chi connectivity index (χ2n) is 2.05. The zero-order valence-electron chi connectivity index (χ0n) is 11.6. The molecule has 1 unspecified atom stereocenters. The molecule has 1 N–H and O–H groups in total. The summed E-state index contributed by atoms with van der Waals surface area (Å²) in [6, 6.07) is 5.99. The monoisotopic (exact) mass is 262 g/mol. The van der Waals surface area contributed by atoms with E-state index in [1.807, 2.05) is 0 Å². The molecule has 1 rings (SSSR count). The van der Waals surface area contributed by atoms with Crippen molar-refractivity contribution in [1.82, 2.24) is 0 Å². The van der Waals surface area contributed by atoms with Crippen LogP contribution in [0.25, 0.3) is 0 Å². The summed E-state index contributed by atoms with van der Waals surface area (Å²) in [5.41, 5.74) is 0. The Labute approximate surface area is 157 Å². The van der Waals surface area contributed by atoms with Gasteiger partial charge in [-0.3, -0.25) is 4.55 Å². The third-order valence-corrected chi connectivity index (χ3v) is 2.36. The van der Waals surface area contributed by atoms with Crippen LogP contribution in [0.3, 0.4) is 0 Å². The first-order chi connectivity index (χ1) is 5.00. The summed E-state index contributed by atoms with van der Waals surface area (Å²) in [6.45, 7) is 0. The molecule has 0 saturated carbocycles. The number of rotatable bonds is 1. The van der Waals surface area contributed by atoms with E-state index in [9.17, 15) is 8.42 Å². The molecule has 8 heteroatoms. The van der Waals surface area contributed by atoms with E-state index < -0.39 is 10.1 Å². The Morgan fingerprint density at radius 1 is 1.21 bits per heavy atom. The van der Waals surface area contributed by atoms with E-state index in [0.29, 0.717) is 0 Å². The summed E-state index contributed by atoms with van der Waals surface area (Å²) in [7, 11) is -1.69. The average Bonchev–Trinajstić information content (AvgIpc) is 1.86. The van der Waals surface area contributed by atoms with Crippen molar-refractivity contribution >= 4 is 24.7 Å². The minimum Gasteiger partial charge on any atom is -1.00 e. The summed E-state index contributed by atoms with van der Waals surface area (Å²) in [5, 5.41) is 0.722. The van der Waals surface area contributed by atoms with Crippen LogP contribution in [-0.2, 0) is 10.1 Å². The Morgan fingerprint density at radius 2 is 1.71 bits per heavy atom. The minimum absolute atomic E-state index is 0. The van der Waals surface area contributed by atoms with Gasteiger partial charge >= 0.3 is 88.7 Å². The van der Waals surface area contributed by atoms with Crippen LogP contribution in [0.4, 0.5) is 0 Å². The molecule has 0 amide bonds. The Kier molecular flexibility index (Phi) is 14.9. The van der Waals surface area contributed by atoms with Crippen LogP contribution in [-0.4, -0.2) is 13.0 Å². The van der Waals surface area contributed by atoms with Crippen molar-refractivity contribution in [1.29, 1.82) is 0 Å². The van der Waals surface area contributed by atoms with Gasteiger partial charge in [-0.15, -0.1) is 9.24 Å². The third kappa shape index (κ3) is 7.77. The maximum Gasteiger partial charge on any atom is 1.00 e. The Hall–Kier alpha value is 2.56. The van der Waals surface area contributed by atoms with Gasteiger partial charge in [0.2, 0.25) is 0 Å². The molecule has 0 saturated heterocycles. The Balaban J connectivity index is -0.0000000504. The fourth-order valence-corrected chi connectivity index (χ4v) is 1.62. The first kappa shape index (κ1) is 21.8. The van der Waals surface area contributed by atoms with E-state index in [1.54, 1.807) is 12.1 Å². The molecule has 1 aromatic rings. The number of hydrogen-bond acceptors (Lipinski definition) is 2. The van der Waals surface area contributed by atoms with Crippen LogP contribution in [0.1, 0.15) is 4.28 Å². The van der Waals surface area contributed by atoms with Gasteiger partial charge in [0, 0.05) is 0 Å². The molecule has 0 spiro atoms. The standard InChI is InChI=1S/C6H7O3PS.3Na.3H/c7-11(8,9)6-3-1-2-5(10)4-6;;;;;;/h1-4H,10H2,(H,7,8,9);;;;;;/q;3*+1;3*-1. The molecule has 0 aromatic heterocycles. The van der Waals surface area contributed by atoms with E-state index in [0.717, 1.165) is 5.30 Å². The molecule has 0 fully saturated rings. The van der Waals surface area contributed by atoms with Crippen molar-refractivity contribution in [3.05, 3.63) is 24.3 Å². The second kappa shape index (κ2) is 9.58. The quantitative estimate of drug-likeness (QED) is 0.311. The van der Waals surface area contributed by atoms with E-state index in [4.69, 9.17) is 4.55 Å². The van der Waals surface area contributed by atoms with Gasteiger partial charge in [0.25, 0.3) is 10.1 Å². The smallest absolute Gasteiger partial charge is 1.00 e. The van der Waals surface area contributed by atoms with E-state index in [-0.39, 0.29) is 97.8 Å². The second-order valence-corrected chi connectivity index (χ2v) is 4.14. The molecular formula is C6H10Na3O3PS. The van der Waals surface area contributed by atoms with Gasteiger partial charge in [-0.25, -0.2) is 0 Å². The molecule has 0 bridgehead atoms. The molecule has 66 valence electrons. The van der Waals surface area contributed by atoms with Gasteiger partial charge in [-0.1, -0.05) is 12.1 Å². The largest absolute Gasteiger partial charge is 1.00 e. The normalized spacial score (nSPS) is 9.00. The van der Waals surface area contributed by atoms with Gasteiger partial charge < -0.3 is 4.28 Å². The summed E-state index contributed by atoms with van der Waals surface area (Å²) < 4.78 is 29.6. The third-order valence-electron chi connectivity index (χ3n) is 1.16. The number of hydrogen-bond donors (Lipinski definition) is 1. The van der Waals surface area contributed by atoms with Crippen molar-refractivity contribution in [2.75, 3.05) is 0 Å². The zero-order valence-corrected chi connectivity index (χ0v) is 16.5. The maximum atomic E-state index is 10.5. The fraction of sp³-hybridized carbons (Fsp3) is 0. The van der Waals surface area contributed by atoms with Gasteiger partial charge in [-0.2, -0.15) is 8.42 Å². The SMILES string of the molecule is O=S(=O)(O)c1cccc(P)c1.[H-].[H-].[H-].[Na+].[Na+].[Na+]. The van der Waals surface area contributed by atoms with Crippen LogP contribution in [0.2, 0.25) is 0 Å². The maximum absolute atomic E-state index is 10.5. The Morgan fingerprint density at radius 3 is 2.00 bits per heavy atom. The predicted molar refractivity (Wildman–Crippen MR) is 48.9 cm³/mol. The van der Waals surface area contributed by atoms with Crippen molar-refractivity contribution in [2.24, 2.45) is 0 Å². The molecule has 1 aromatic carbocycles. The van der Waals surface area contributed by atoms with Crippen molar-refractivity contribution in [2.45, 2.75) is 4.90 Å². The van der Waals surface area contributed by atoms with E-state index >= 15 is 0 Å². The van der Waals surface area contributed by atoms with Crippen molar-refractivity contribution < 1.29 is 106 Å². The summed E-state index contributed by atoms with van der Waals surface area (Å²) in [4.78, 5) is -0.0787. The van der Waals surface area contributed by atoms with Crippen LogP contribution in [0.15, 0.2) is 29.2 Å². The summed E-state index contributed by atoms with van der Waals surface area (Å²) in [6.07, 6.45) is 0. The van der Waals surface area contributed by atoms with Gasteiger partial charge in [0.05, 0.1) is 4.90 Å². The Bertz CT molecular complexity index is 380. The summed E-state index contributed by atoms with van der Waals surface area (Å²) in [5.74, 6) is 0. The van der Waals surface area contributed by atoms with Gasteiger partial charge in [0.1, 0.15) is 0 Å². The molecule has 3 nitrogen and oxygen atoms in total. The van der Waals surface area contributed by atoms with Crippen molar-refractivity contribution in [3.63, 3.8) is 0 Å². The molecular weight excluding hydrogens is 252 g/mol. The zero-order chi connectivity index (χ0) is 8.48. The van der Waals surface area contributed by atoms with Crippen LogP contribution >= 0.6 is 9.24 Å². The molecule has 0 aliphatic carbocycles. The minimum atomic E-state index is -4.04. The molecule has 0 radical (unpaired) electrons. The van der Waals surface area contributed by atoms with Gasteiger partial charge in [-0.05, 0) is 17.4 Å².